The van der Waals surface area contributed by atoms with Gasteiger partial charge in [-0.3, -0.25) is 0 Å². The first-order chi connectivity index (χ1) is 25.8. The van der Waals surface area contributed by atoms with E-state index in [-0.39, 0.29) is 0 Å². The highest BCUT2D eigenvalue weighted by atomic mass is 14.2. The van der Waals surface area contributed by atoms with Crippen molar-refractivity contribution in [3.05, 3.63) is 206 Å². The lowest BCUT2D eigenvalue weighted by molar-refractivity contribution is 1.61. The van der Waals surface area contributed by atoms with E-state index in [1.165, 1.54) is 98.7 Å². The average molecular weight is 659 g/mol. The molecule has 0 bridgehead atoms. The first-order valence-electron chi connectivity index (χ1n) is 18.0. The van der Waals surface area contributed by atoms with Crippen LogP contribution in [0.25, 0.3) is 98.7 Å². The number of hydrogen-bond donors (Lipinski definition) is 0. The fourth-order valence-corrected chi connectivity index (χ4v) is 8.20. The SMILES string of the molecule is c1ccc(-c2cccc3cccc(-c4ccc(-c5c6ccccc6c(-c6ccc(-c7ccc8ccccc8c7)cc6)c6ccccc56)cc4)c23)cc1. The Morgan fingerprint density at radius 3 is 1.17 bits per heavy atom. The van der Waals surface area contributed by atoms with Crippen LogP contribution in [0.4, 0.5) is 0 Å². The van der Waals surface area contributed by atoms with Crippen molar-refractivity contribution < 1.29 is 0 Å². The van der Waals surface area contributed by atoms with Crippen molar-refractivity contribution in [2.24, 2.45) is 0 Å². The summed E-state index contributed by atoms with van der Waals surface area (Å²) >= 11 is 0. The van der Waals surface area contributed by atoms with Crippen LogP contribution in [-0.4, -0.2) is 0 Å². The molecule has 0 radical (unpaired) electrons. The highest BCUT2D eigenvalue weighted by Crippen LogP contribution is 2.45. The molecule has 0 aliphatic carbocycles. The van der Waals surface area contributed by atoms with E-state index in [0.717, 1.165) is 0 Å². The van der Waals surface area contributed by atoms with E-state index in [4.69, 9.17) is 0 Å². The number of rotatable bonds is 5. The lowest BCUT2D eigenvalue weighted by Crippen LogP contribution is -1.91. The molecule has 10 rings (SSSR count). The maximum absolute atomic E-state index is 2.31. The van der Waals surface area contributed by atoms with E-state index in [1.807, 2.05) is 0 Å². The van der Waals surface area contributed by atoms with E-state index in [9.17, 15) is 0 Å². The van der Waals surface area contributed by atoms with Gasteiger partial charge in [-0.25, -0.2) is 0 Å². The Balaban J connectivity index is 1.10. The van der Waals surface area contributed by atoms with Gasteiger partial charge in [0.25, 0.3) is 0 Å². The Labute approximate surface area is 303 Å². The van der Waals surface area contributed by atoms with Crippen LogP contribution in [0.3, 0.4) is 0 Å². The maximum Gasteiger partial charge on any atom is -0.00264 e. The van der Waals surface area contributed by atoms with Gasteiger partial charge in [0.15, 0.2) is 0 Å². The third kappa shape index (κ3) is 5.08. The molecule has 0 aliphatic heterocycles. The van der Waals surface area contributed by atoms with E-state index in [0.29, 0.717) is 0 Å². The second-order valence-electron chi connectivity index (χ2n) is 13.6. The summed E-state index contributed by atoms with van der Waals surface area (Å²) in [6, 6.07) is 75.5. The molecule has 10 aromatic carbocycles. The third-order valence-corrected chi connectivity index (χ3v) is 10.7. The van der Waals surface area contributed by atoms with Gasteiger partial charge in [0.1, 0.15) is 0 Å². The lowest BCUT2D eigenvalue weighted by Gasteiger charge is -2.18. The number of benzene rings is 10. The van der Waals surface area contributed by atoms with Crippen molar-refractivity contribution in [3.63, 3.8) is 0 Å². The molecule has 10 aromatic rings. The normalized spacial score (nSPS) is 11.5. The van der Waals surface area contributed by atoms with E-state index >= 15 is 0 Å². The van der Waals surface area contributed by atoms with Gasteiger partial charge in [0.2, 0.25) is 0 Å². The first-order valence-corrected chi connectivity index (χ1v) is 18.0. The molecule has 0 N–H and O–H groups in total. The van der Waals surface area contributed by atoms with Gasteiger partial charge in [-0.15, -0.1) is 0 Å². The fraction of sp³-hybridized carbons (Fsp3) is 0. The molecule has 0 saturated heterocycles. The molecule has 0 nitrogen and oxygen atoms in total. The molecule has 0 heteroatoms. The van der Waals surface area contributed by atoms with Crippen LogP contribution in [0.5, 0.6) is 0 Å². The van der Waals surface area contributed by atoms with Gasteiger partial charge in [-0.1, -0.05) is 200 Å². The second-order valence-corrected chi connectivity index (χ2v) is 13.6. The quantitative estimate of drug-likeness (QED) is 0.161. The molecule has 0 spiro atoms. The van der Waals surface area contributed by atoms with Crippen LogP contribution in [-0.2, 0) is 0 Å². The third-order valence-electron chi connectivity index (χ3n) is 10.7. The summed E-state index contributed by atoms with van der Waals surface area (Å²) in [7, 11) is 0. The van der Waals surface area contributed by atoms with E-state index < -0.39 is 0 Å². The Morgan fingerprint density at radius 1 is 0.212 bits per heavy atom. The molecule has 52 heavy (non-hydrogen) atoms. The molecule has 0 saturated carbocycles. The van der Waals surface area contributed by atoms with Crippen molar-refractivity contribution in [2.75, 3.05) is 0 Å². The summed E-state index contributed by atoms with van der Waals surface area (Å²) in [5.74, 6) is 0. The van der Waals surface area contributed by atoms with Crippen molar-refractivity contribution in [2.45, 2.75) is 0 Å². The van der Waals surface area contributed by atoms with Crippen LogP contribution >= 0.6 is 0 Å². The average Bonchev–Trinajstić information content (AvgIpc) is 3.22. The molecule has 0 atom stereocenters. The van der Waals surface area contributed by atoms with Gasteiger partial charge in [-0.05, 0) is 105 Å². The van der Waals surface area contributed by atoms with Crippen molar-refractivity contribution >= 4 is 43.1 Å². The molecular weight excluding hydrogens is 625 g/mol. The van der Waals surface area contributed by atoms with Crippen molar-refractivity contribution in [1.82, 2.24) is 0 Å². The monoisotopic (exact) mass is 658 g/mol. The first kappa shape index (κ1) is 30.1. The Morgan fingerprint density at radius 2 is 0.615 bits per heavy atom. The molecule has 0 fully saturated rings. The minimum Gasteiger partial charge on any atom is -0.0622 e. The zero-order chi connectivity index (χ0) is 34.4. The van der Waals surface area contributed by atoms with Gasteiger partial charge in [0, 0.05) is 0 Å². The zero-order valence-electron chi connectivity index (χ0n) is 28.6. The topological polar surface area (TPSA) is 0 Å². The minimum absolute atomic E-state index is 1.22. The highest BCUT2D eigenvalue weighted by Gasteiger charge is 2.17. The Bertz CT molecular complexity index is 2850. The van der Waals surface area contributed by atoms with Crippen molar-refractivity contribution in [3.8, 4) is 55.6 Å². The van der Waals surface area contributed by atoms with Crippen LogP contribution in [0, 0.1) is 0 Å². The molecule has 0 amide bonds. The summed E-state index contributed by atoms with van der Waals surface area (Å²) < 4.78 is 0. The van der Waals surface area contributed by atoms with Gasteiger partial charge in [-0.2, -0.15) is 0 Å². The van der Waals surface area contributed by atoms with Crippen LogP contribution in [0.1, 0.15) is 0 Å². The Kier molecular flexibility index (Phi) is 7.25. The summed E-state index contributed by atoms with van der Waals surface area (Å²) in [6.45, 7) is 0. The maximum atomic E-state index is 2.31. The smallest absolute Gasteiger partial charge is 0.00264 e. The standard InChI is InChI=1S/C52H34/c1-2-13-37(14-3-1)44-22-10-16-39-17-11-23-45(50(39)44)38-27-31-41(32-28-38)52-48-20-8-6-18-46(48)51(47-19-7-9-21-49(47)52)40-29-24-36(25-30-40)43-33-26-35-12-4-5-15-42(35)34-43/h1-34H. The molecule has 242 valence electrons. The van der Waals surface area contributed by atoms with Gasteiger partial charge in [0.05, 0.1) is 0 Å². The predicted octanol–water partition coefficient (Wildman–Crippen LogP) is 14.6. The number of hydrogen-bond acceptors (Lipinski definition) is 0. The molecule has 0 aliphatic rings. The van der Waals surface area contributed by atoms with Gasteiger partial charge >= 0.3 is 0 Å². The molecule has 0 aromatic heterocycles. The highest BCUT2D eigenvalue weighted by molar-refractivity contribution is 6.21. The summed E-state index contributed by atoms with van der Waals surface area (Å²) in [4.78, 5) is 0. The van der Waals surface area contributed by atoms with Crippen molar-refractivity contribution in [1.29, 1.82) is 0 Å². The summed E-state index contributed by atoms with van der Waals surface area (Å²) in [5, 5.41) is 10.1. The largest absolute Gasteiger partial charge is 0.0622 e. The molecule has 0 unspecified atom stereocenters. The lowest BCUT2D eigenvalue weighted by atomic mass is 9.85. The molecule has 0 heterocycles. The zero-order valence-corrected chi connectivity index (χ0v) is 28.6. The predicted molar refractivity (Wildman–Crippen MR) is 224 cm³/mol. The van der Waals surface area contributed by atoms with Crippen LogP contribution in [0.2, 0.25) is 0 Å². The van der Waals surface area contributed by atoms with E-state index in [2.05, 4.69) is 206 Å². The van der Waals surface area contributed by atoms with Gasteiger partial charge < -0.3 is 0 Å². The minimum atomic E-state index is 1.22. The number of fused-ring (bicyclic) bond motifs is 4. The Hall–Kier alpha value is -6.76. The van der Waals surface area contributed by atoms with Crippen LogP contribution in [0.15, 0.2) is 206 Å². The summed E-state index contributed by atoms with van der Waals surface area (Å²) in [5.41, 5.74) is 12.4. The fourth-order valence-electron chi connectivity index (χ4n) is 8.20. The second kappa shape index (κ2) is 12.5. The molecular formula is C52H34. The summed E-state index contributed by atoms with van der Waals surface area (Å²) in [6.07, 6.45) is 0. The van der Waals surface area contributed by atoms with E-state index in [1.54, 1.807) is 0 Å². The van der Waals surface area contributed by atoms with Crippen LogP contribution < -0.4 is 0 Å².